The number of hydrogen-bond donors (Lipinski definition) is 1. The van der Waals surface area contributed by atoms with Crippen LogP contribution in [0, 0.1) is 0 Å². The molecule has 0 amide bonds. The maximum Gasteiger partial charge on any atom is 0.213 e. The minimum Gasteiger partial charge on any atom is -0.485 e. The number of pyridine rings is 2. The molecule has 5 nitrogen and oxygen atoms in total. The minimum absolute atomic E-state index is 0.357. The highest BCUT2D eigenvalue weighted by molar-refractivity contribution is 5.29. The van der Waals surface area contributed by atoms with Crippen LogP contribution in [0.25, 0.3) is 0 Å². The van der Waals surface area contributed by atoms with E-state index in [0.29, 0.717) is 24.8 Å². The molecule has 2 aromatic heterocycles. The van der Waals surface area contributed by atoms with E-state index < -0.39 is 0 Å². The Hall–Kier alpha value is -2.14. The van der Waals surface area contributed by atoms with Crippen LogP contribution in [0.1, 0.15) is 11.3 Å². The van der Waals surface area contributed by atoms with Crippen molar-refractivity contribution in [3.05, 3.63) is 47.9 Å². The van der Waals surface area contributed by atoms with Crippen LogP contribution in [0.5, 0.6) is 11.6 Å². The first-order valence-corrected chi connectivity index (χ1v) is 5.59. The van der Waals surface area contributed by atoms with Gasteiger partial charge in [-0.2, -0.15) is 0 Å². The lowest BCUT2D eigenvalue weighted by molar-refractivity contribution is 0.294. The zero-order valence-corrected chi connectivity index (χ0v) is 10.2. The lowest BCUT2D eigenvalue weighted by atomic mass is 10.2. The van der Waals surface area contributed by atoms with Gasteiger partial charge in [-0.15, -0.1) is 0 Å². The molecule has 94 valence electrons. The molecule has 0 aliphatic heterocycles. The summed E-state index contributed by atoms with van der Waals surface area (Å²) >= 11 is 0. The fourth-order valence-corrected chi connectivity index (χ4v) is 1.51. The van der Waals surface area contributed by atoms with Crippen molar-refractivity contribution >= 4 is 0 Å². The van der Waals surface area contributed by atoms with E-state index in [1.165, 1.54) is 0 Å². The Labute approximate surface area is 106 Å². The average molecular weight is 245 g/mol. The zero-order chi connectivity index (χ0) is 12.8. The summed E-state index contributed by atoms with van der Waals surface area (Å²) < 4.78 is 10.7. The Morgan fingerprint density at radius 1 is 1.28 bits per heavy atom. The number of aromatic nitrogens is 2. The molecule has 0 aromatic carbocycles. The van der Waals surface area contributed by atoms with Gasteiger partial charge in [0, 0.05) is 24.4 Å². The Morgan fingerprint density at radius 2 is 2.17 bits per heavy atom. The van der Waals surface area contributed by atoms with Gasteiger partial charge in [0.15, 0.2) is 0 Å². The number of ether oxygens (including phenoxy) is 2. The second kappa shape index (κ2) is 5.97. The summed E-state index contributed by atoms with van der Waals surface area (Å²) in [6, 6.07) is 7.38. The highest BCUT2D eigenvalue weighted by atomic mass is 16.5. The van der Waals surface area contributed by atoms with Gasteiger partial charge in [0.05, 0.1) is 19.0 Å². The molecule has 0 atom stereocenters. The van der Waals surface area contributed by atoms with Crippen molar-refractivity contribution in [3.63, 3.8) is 0 Å². The van der Waals surface area contributed by atoms with Gasteiger partial charge in [-0.05, 0) is 12.1 Å². The molecule has 0 saturated heterocycles. The normalized spacial score (nSPS) is 10.1. The zero-order valence-electron chi connectivity index (χ0n) is 10.2. The van der Waals surface area contributed by atoms with Crippen molar-refractivity contribution in [2.75, 3.05) is 7.11 Å². The molecule has 2 aromatic rings. The molecule has 2 rings (SSSR count). The molecule has 0 unspecified atom stereocenters. The van der Waals surface area contributed by atoms with E-state index in [-0.39, 0.29) is 0 Å². The average Bonchev–Trinajstić information content (AvgIpc) is 2.45. The third-order valence-electron chi connectivity index (χ3n) is 2.46. The molecule has 18 heavy (non-hydrogen) atoms. The quantitative estimate of drug-likeness (QED) is 0.864. The minimum atomic E-state index is 0.357. The fraction of sp³-hybridized carbons (Fsp3) is 0.231. The molecule has 2 heterocycles. The Morgan fingerprint density at radius 3 is 2.94 bits per heavy atom. The summed E-state index contributed by atoms with van der Waals surface area (Å²) in [4.78, 5) is 8.28. The molecule has 0 bridgehead atoms. The van der Waals surface area contributed by atoms with E-state index in [0.717, 1.165) is 11.3 Å². The Bertz CT molecular complexity index is 517. The molecule has 0 fully saturated rings. The first kappa shape index (κ1) is 12.3. The summed E-state index contributed by atoms with van der Waals surface area (Å²) in [5, 5.41) is 0. The van der Waals surface area contributed by atoms with Crippen molar-refractivity contribution in [1.29, 1.82) is 0 Å². The highest BCUT2D eigenvalue weighted by Crippen LogP contribution is 2.17. The molecule has 2 N–H and O–H groups in total. The van der Waals surface area contributed by atoms with Crippen LogP contribution >= 0.6 is 0 Å². The van der Waals surface area contributed by atoms with Gasteiger partial charge in [-0.3, -0.25) is 4.98 Å². The molecule has 5 heteroatoms. The lowest BCUT2D eigenvalue weighted by Crippen LogP contribution is -2.04. The number of hydrogen-bond acceptors (Lipinski definition) is 5. The van der Waals surface area contributed by atoms with Crippen LogP contribution in [0.15, 0.2) is 36.7 Å². The second-order valence-electron chi connectivity index (χ2n) is 3.65. The number of nitrogens with two attached hydrogens (primary N) is 1. The first-order valence-electron chi connectivity index (χ1n) is 5.59. The number of nitrogens with zero attached hydrogens (tertiary/aromatic N) is 2. The maximum atomic E-state index is 5.65. The second-order valence-corrected chi connectivity index (χ2v) is 3.65. The van der Waals surface area contributed by atoms with E-state index in [4.69, 9.17) is 15.2 Å². The fourth-order valence-electron chi connectivity index (χ4n) is 1.51. The van der Waals surface area contributed by atoms with Gasteiger partial charge in [0.25, 0.3) is 0 Å². The molecule has 0 aliphatic rings. The summed E-state index contributed by atoms with van der Waals surface area (Å²) in [5.74, 6) is 1.26. The molecule has 0 saturated carbocycles. The maximum absolute atomic E-state index is 5.65. The van der Waals surface area contributed by atoms with Crippen LogP contribution in [0.2, 0.25) is 0 Å². The van der Waals surface area contributed by atoms with Gasteiger partial charge in [0.1, 0.15) is 12.4 Å². The smallest absolute Gasteiger partial charge is 0.213 e. The predicted octanol–water partition coefficient (Wildman–Crippen LogP) is 1.52. The highest BCUT2D eigenvalue weighted by Gasteiger charge is 2.03. The summed E-state index contributed by atoms with van der Waals surface area (Å²) in [6.45, 7) is 0.777. The first-order chi connectivity index (χ1) is 8.83. The Kier molecular flexibility index (Phi) is 4.09. The van der Waals surface area contributed by atoms with Crippen LogP contribution in [-0.2, 0) is 13.2 Å². The van der Waals surface area contributed by atoms with Crippen molar-refractivity contribution in [2.45, 2.75) is 13.2 Å². The van der Waals surface area contributed by atoms with Crippen molar-refractivity contribution in [3.8, 4) is 11.6 Å². The Balaban J connectivity index is 2.06. The van der Waals surface area contributed by atoms with E-state index in [1.54, 1.807) is 25.6 Å². The van der Waals surface area contributed by atoms with Crippen molar-refractivity contribution < 1.29 is 9.47 Å². The molecular weight excluding hydrogens is 230 g/mol. The summed E-state index contributed by atoms with van der Waals surface area (Å²) in [7, 11) is 1.58. The number of methoxy groups -OCH3 is 1. The van der Waals surface area contributed by atoms with Gasteiger partial charge in [0.2, 0.25) is 5.88 Å². The van der Waals surface area contributed by atoms with E-state index >= 15 is 0 Å². The lowest BCUT2D eigenvalue weighted by Gasteiger charge is -2.09. The van der Waals surface area contributed by atoms with E-state index in [2.05, 4.69) is 9.97 Å². The summed E-state index contributed by atoms with van der Waals surface area (Å²) in [6.07, 6.45) is 3.35. The largest absolute Gasteiger partial charge is 0.485 e. The van der Waals surface area contributed by atoms with Crippen molar-refractivity contribution in [1.82, 2.24) is 9.97 Å². The van der Waals surface area contributed by atoms with Crippen LogP contribution < -0.4 is 15.2 Å². The van der Waals surface area contributed by atoms with Gasteiger partial charge >= 0.3 is 0 Å². The van der Waals surface area contributed by atoms with E-state index in [9.17, 15) is 0 Å². The SMILES string of the molecule is COc1cccc(COc2cnccc2CN)n1. The van der Waals surface area contributed by atoms with Crippen molar-refractivity contribution in [2.24, 2.45) is 5.73 Å². The summed E-state index contributed by atoms with van der Waals surface area (Å²) in [5.41, 5.74) is 7.34. The van der Waals surface area contributed by atoms with Crippen LogP contribution in [-0.4, -0.2) is 17.1 Å². The third kappa shape index (κ3) is 2.95. The molecule has 0 spiro atoms. The van der Waals surface area contributed by atoms with E-state index in [1.807, 2.05) is 18.2 Å². The monoisotopic (exact) mass is 245 g/mol. The topological polar surface area (TPSA) is 70.3 Å². The molecule has 0 radical (unpaired) electrons. The van der Waals surface area contributed by atoms with Gasteiger partial charge in [-0.1, -0.05) is 6.07 Å². The number of rotatable bonds is 5. The third-order valence-corrected chi connectivity index (χ3v) is 2.46. The molecule has 0 aliphatic carbocycles. The van der Waals surface area contributed by atoms with Crippen LogP contribution in [0.4, 0.5) is 0 Å². The standard InChI is InChI=1S/C13H15N3O2/c1-17-13-4-2-3-11(16-13)9-18-12-8-15-6-5-10(12)7-14/h2-6,8H,7,9,14H2,1H3. The van der Waals surface area contributed by atoms with Gasteiger partial charge in [-0.25, -0.2) is 4.98 Å². The van der Waals surface area contributed by atoms with Crippen LogP contribution in [0.3, 0.4) is 0 Å². The molecular formula is C13H15N3O2. The predicted molar refractivity (Wildman–Crippen MR) is 67.2 cm³/mol. The van der Waals surface area contributed by atoms with Gasteiger partial charge < -0.3 is 15.2 Å².